The minimum atomic E-state index is -0.137. The van der Waals surface area contributed by atoms with Gasteiger partial charge in [-0.05, 0) is 20.8 Å². The summed E-state index contributed by atoms with van der Waals surface area (Å²) in [6, 6.07) is 0. The molecule has 21 heavy (non-hydrogen) atoms. The van der Waals surface area contributed by atoms with Gasteiger partial charge in [0.05, 0.1) is 16.9 Å². The summed E-state index contributed by atoms with van der Waals surface area (Å²) in [4.78, 5) is 14.2. The van der Waals surface area contributed by atoms with Gasteiger partial charge in [0, 0.05) is 38.4 Å². The fourth-order valence-electron chi connectivity index (χ4n) is 2.35. The number of hydrogen-bond donors (Lipinski definition) is 0. The Labute approximate surface area is 129 Å². The molecule has 2 aromatic rings. The first-order valence-corrected chi connectivity index (χ1v) is 7.20. The van der Waals surface area contributed by atoms with Crippen LogP contribution in [0.3, 0.4) is 0 Å². The van der Waals surface area contributed by atoms with Gasteiger partial charge < -0.3 is 4.90 Å². The molecule has 0 saturated heterocycles. The van der Waals surface area contributed by atoms with Gasteiger partial charge in [0.1, 0.15) is 5.69 Å². The molecule has 0 radical (unpaired) electrons. The Balaban J connectivity index is 2.26. The van der Waals surface area contributed by atoms with Crippen molar-refractivity contribution in [1.82, 2.24) is 24.5 Å². The van der Waals surface area contributed by atoms with Crippen molar-refractivity contribution in [3.63, 3.8) is 0 Å². The zero-order valence-corrected chi connectivity index (χ0v) is 13.8. The maximum Gasteiger partial charge on any atom is 0.273 e. The van der Waals surface area contributed by atoms with Gasteiger partial charge in [-0.15, -0.1) is 0 Å². The van der Waals surface area contributed by atoms with Gasteiger partial charge in [-0.25, -0.2) is 0 Å². The molecule has 0 saturated carbocycles. The summed E-state index contributed by atoms with van der Waals surface area (Å²) in [5, 5.41) is 8.86. The fraction of sp³-hybridized carbons (Fsp3) is 0.500. The summed E-state index contributed by atoms with van der Waals surface area (Å²) in [5.74, 6) is -0.137. The second-order valence-corrected chi connectivity index (χ2v) is 5.50. The summed E-state index contributed by atoms with van der Waals surface area (Å²) in [5.41, 5.74) is 3.49. The summed E-state index contributed by atoms with van der Waals surface area (Å²) in [6.45, 7) is 6.97. The Morgan fingerprint density at radius 1 is 1.43 bits per heavy atom. The second kappa shape index (κ2) is 5.89. The average Bonchev–Trinajstić information content (AvgIpc) is 2.93. The highest BCUT2D eigenvalue weighted by molar-refractivity contribution is 6.33. The van der Waals surface area contributed by atoms with Crippen LogP contribution in [0.5, 0.6) is 0 Å². The highest BCUT2D eigenvalue weighted by atomic mass is 35.5. The van der Waals surface area contributed by atoms with Gasteiger partial charge in [-0.2, -0.15) is 10.2 Å². The van der Waals surface area contributed by atoms with E-state index >= 15 is 0 Å². The van der Waals surface area contributed by atoms with Crippen molar-refractivity contribution in [3.8, 4) is 0 Å². The summed E-state index contributed by atoms with van der Waals surface area (Å²) in [6.07, 6.45) is 1.51. The minimum absolute atomic E-state index is 0.137. The maximum atomic E-state index is 12.6. The molecule has 0 bridgehead atoms. The zero-order chi connectivity index (χ0) is 15.7. The van der Waals surface area contributed by atoms with E-state index in [-0.39, 0.29) is 5.91 Å². The third kappa shape index (κ3) is 2.81. The molecule has 0 unspecified atom stereocenters. The molecule has 2 aromatic heterocycles. The van der Waals surface area contributed by atoms with Crippen LogP contribution in [0.25, 0.3) is 0 Å². The van der Waals surface area contributed by atoms with Gasteiger partial charge in [0.15, 0.2) is 0 Å². The van der Waals surface area contributed by atoms with Crippen molar-refractivity contribution >= 4 is 17.5 Å². The predicted molar refractivity (Wildman–Crippen MR) is 81.4 cm³/mol. The van der Waals surface area contributed by atoms with Crippen molar-refractivity contribution in [1.29, 1.82) is 0 Å². The highest BCUT2D eigenvalue weighted by Gasteiger charge is 2.22. The number of halogens is 1. The molecule has 0 atom stereocenters. The van der Waals surface area contributed by atoms with E-state index in [1.54, 1.807) is 16.6 Å². The average molecular weight is 310 g/mol. The van der Waals surface area contributed by atoms with Gasteiger partial charge in [0.2, 0.25) is 0 Å². The molecule has 0 spiro atoms. The third-order valence-corrected chi connectivity index (χ3v) is 3.97. The minimum Gasteiger partial charge on any atom is -0.336 e. The van der Waals surface area contributed by atoms with Crippen LogP contribution < -0.4 is 0 Å². The Kier molecular flexibility index (Phi) is 4.37. The fourth-order valence-corrected chi connectivity index (χ4v) is 2.57. The molecule has 114 valence electrons. The van der Waals surface area contributed by atoms with Crippen molar-refractivity contribution in [2.75, 3.05) is 7.05 Å². The van der Waals surface area contributed by atoms with Crippen molar-refractivity contribution in [2.45, 2.75) is 33.9 Å². The van der Waals surface area contributed by atoms with E-state index in [1.165, 1.54) is 6.20 Å². The second-order valence-electron chi connectivity index (χ2n) is 5.09. The first-order chi connectivity index (χ1) is 9.86. The van der Waals surface area contributed by atoms with E-state index in [2.05, 4.69) is 10.2 Å². The van der Waals surface area contributed by atoms with Crippen LogP contribution in [0.2, 0.25) is 5.02 Å². The summed E-state index contributed by atoms with van der Waals surface area (Å²) < 4.78 is 3.44. The zero-order valence-electron chi connectivity index (χ0n) is 13.0. The Morgan fingerprint density at radius 3 is 2.62 bits per heavy atom. The predicted octanol–water partition coefficient (Wildman–Crippen LogP) is 2.18. The van der Waals surface area contributed by atoms with Crippen LogP contribution in [0, 0.1) is 13.8 Å². The molecule has 0 fully saturated rings. The van der Waals surface area contributed by atoms with Crippen molar-refractivity contribution in [3.05, 3.63) is 33.9 Å². The van der Waals surface area contributed by atoms with Crippen LogP contribution in [0.15, 0.2) is 6.20 Å². The molecule has 6 nitrogen and oxygen atoms in total. The van der Waals surface area contributed by atoms with Crippen LogP contribution >= 0.6 is 11.6 Å². The maximum absolute atomic E-state index is 12.6. The monoisotopic (exact) mass is 309 g/mol. The molecule has 0 aliphatic heterocycles. The third-order valence-electron chi connectivity index (χ3n) is 3.70. The van der Waals surface area contributed by atoms with Crippen LogP contribution in [0.4, 0.5) is 0 Å². The van der Waals surface area contributed by atoms with Gasteiger partial charge in [-0.1, -0.05) is 11.6 Å². The number of aryl methyl sites for hydroxylation is 3. The smallest absolute Gasteiger partial charge is 0.273 e. The number of nitrogens with zero attached hydrogens (tertiary/aromatic N) is 5. The Hall–Kier alpha value is -1.82. The SMILES string of the molecule is CCn1ncc(Cl)c1C(=O)N(C)Cc1c(C)nn(C)c1C. The number of rotatable bonds is 4. The van der Waals surface area contributed by atoms with Crippen molar-refractivity contribution in [2.24, 2.45) is 7.05 Å². The lowest BCUT2D eigenvalue weighted by Gasteiger charge is -2.18. The number of amides is 1. The van der Waals surface area contributed by atoms with E-state index in [1.807, 2.05) is 32.5 Å². The Bertz CT molecular complexity index is 673. The van der Waals surface area contributed by atoms with E-state index < -0.39 is 0 Å². The van der Waals surface area contributed by atoms with E-state index in [0.717, 1.165) is 17.0 Å². The molecule has 0 aliphatic carbocycles. The number of carbonyl (C=O) groups excluding carboxylic acids is 1. The lowest BCUT2D eigenvalue weighted by Crippen LogP contribution is -2.29. The quantitative estimate of drug-likeness (QED) is 0.870. The topological polar surface area (TPSA) is 56.0 Å². The lowest BCUT2D eigenvalue weighted by atomic mass is 10.2. The molecule has 0 N–H and O–H groups in total. The standard InChI is InChI=1S/C14H20ClN5O/c1-6-20-13(12(15)7-16-20)14(21)18(4)8-11-9(2)17-19(5)10(11)3/h7H,6,8H2,1-5H3. The Morgan fingerprint density at radius 2 is 2.10 bits per heavy atom. The van der Waals surface area contributed by atoms with E-state index in [9.17, 15) is 4.79 Å². The molecule has 1 amide bonds. The molecule has 2 heterocycles. The van der Waals surface area contributed by atoms with E-state index in [4.69, 9.17) is 11.6 Å². The van der Waals surface area contributed by atoms with Gasteiger partial charge in [-0.3, -0.25) is 14.2 Å². The van der Waals surface area contributed by atoms with Crippen LogP contribution in [-0.2, 0) is 20.1 Å². The molecular weight excluding hydrogens is 290 g/mol. The summed E-state index contributed by atoms with van der Waals surface area (Å²) >= 11 is 6.09. The molecule has 0 aromatic carbocycles. The largest absolute Gasteiger partial charge is 0.336 e. The number of aromatic nitrogens is 4. The lowest BCUT2D eigenvalue weighted by molar-refractivity contribution is 0.0772. The molecular formula is C14H20ClN5O. The molecule has 7 heteroatoms. The molecule has 2 rings (SSSR count). The van der Waals surface area contributed by atoms with Crippen LogP contribution in [-0.4, -0.2) is 37.4 Å². The van der Waals surface area contributed by atoms with Gasteiger partial charge >= 0.3 is 0 Å². The first kappa shape index (κ1) is 15.6. The first-order valence-electron chi connectivity index (χ1n) is 6.82. The normalized spacial score (nSPS) is 11.0. The summed E-state index contributed by atoms with van der Waals surface area (Å²) in [7, 11) is 3.66. The van der Waals surface area contributed by atoms with Gasteiger partial charge in [0.25, 0.3) is 5.91 Å². The van der Waals surface area contributed by atoms with E-state index in [0.29, 0.717) is 23.8 Å². The number of carbonyl (C=O) groups is 1. The highest BCUT2D eigenvalue weighted by Crippen LogP contribution is 2.19. The van der Waals surface area contributed by atoms with Crippen LogP contribution in [0.1, 0.15) is 34.4 Å². The van der Waals surface area contributed by atoms with Crippen molar-refractivity contribution < 1.29 is 4.79 Å². The molecule has 0 aliphatic rings. The number of hydrogen-bond acceptors (Lipinski definition) is 3.